The molecule has 2 heterocycles. The third-order valence-electron chi connectivity index (χ3n) is 2.48. The number of carbonyl (C=O) groups excluding carboxylic acids is 1. The average molecular weight is 226 g/mol. The fraction of sp³-hybridized carbons (Fsp3) is 0.167. The summed E-state index contributed by atoms with van der Waals surface area (Å²) in [5.41, 5.74) is 2.47. The third kappa shape index (κ3) is 1.93. The van der Waals surface area contributed by atoms with Gasteiger partial charge in [0, 0.05) is 6.20 Å². The molecule has 0 radical (unpaired) electrons. The minimum atomic E-state index is 0.353. The van der Waals surface area contributed by atoms with Crippen molar-refractivity contribution in [2.24, 2.45) is 0 Å². The Morgan fingerprint density at radius 1 is 1.47 bits per heavy atom. The van der Waals surface area contributed by atoms with Crippen LogP contribution in [0.2, 0.25) is 0 Å². The zero-order valence-corrected chi connectivity index (χ0v) is 9.51. The molecule has 0 aliphatic carbocycles. The van der Waals surface area contributed by atoms with E-state index in [4.69, 9.17) is 5.26 Å². The second-order valence-corrected chi connectivity index (χ2v) is 3.69. The van der Waals surface area contributed by atoms with Gasteiger partial charge in [-0.3, -0.25) is 9.36 Å². The van der Waals surface area contributed by atoms with Crippen LogP contribution in [0, 0.1) is 25.2 Å². The van der Waals surface area contributed by atoms with Crippen molar-refractivity contribution in [2.75, 3.05) is 0 Å². The van der Waals surface area contributed by atoms with Crippen LogP contribution in [0.25, 0.3) is 5.82 Å². The predicted octanol–water partition coefficient (Wildman–Crippen LogP) is 1.57. The molecule has 2 rings (SSSR count). The van der Waals surface area contributed by atoms with E-state index in [-0.39, 0.29) is 0 Å². The lowest BCUT2D eigenvalue weighted by molar-refractivity contribution is 0.111. The molecule has 0 saturated heterocycles. The first-order chi connectivity index (χ1) is 8.15. The summed E-state index contributed by atoms with van der Waals surface area (Å²) in [5.74, 6) is 0.652. The van der Waals surface area contributed by atoms with E-state index >= 15 is 0 Å². The number of nitriles is 1. The standard InChI is InChI=1S/C12H10N4O/c1-8-3-12(15-9(2)11(8)4-13)16-5-10(6-17)14-7-16/h3,5-7H,1-2H3. The average Bonchev–Trinajstić information content (AvgIpc) is 2.77. The highest BCUT2D eigenvalue weighted by Crippen LogP contribution is 2.15. The summed E-state index contributed by atoms with van der Waals surface area (Å²) in [6, 6.07) is 3.91. The van der Waals surface area contributed by atoms with Crippen LogP contribution in [-0.2, 0) is 0 Å². The van der Waals surface area contributed by atoms with Gasteiger partial charge in [-0.1, -0.05) is 0 Å². The van der Waals surface area contributed by atoms with Gasteiger partial charge in [-0.05, 0) is 25.5 Å². The number of imidazole rings is 1. The highest BCUT2D eigenvalue weighted by Gasteiger charge is 2.08. The molecule has 0 aliphatic rings. The van der Waals surface area contributed by atoms with Gasteiger partial charge in [-0.15, -0.1) is 0 Å². The number of aromatic nitrogens is 3. The van der Waals surface area contributed by atoms with E-state index in [9.17, 15) is 4.79 Å². The Morgan fingerprint density at radius 2 is 2.24 bits per heavy atom. The summed E-state index contributed by atoms with van der Waals surface area (Å²) in [5, 5.41) is 8.95. The molecule has 0 aliphatic heterocycles. The highest BCUT2D eigenvalue weighted by atomic mass is 16.1. The maximum absolute atomic E-state index is 10.5. The first-order valence-electron chi connectivity index (χ1n) is 5.03. The van der Waals surface area contributed by atoms with Gasteiger partial charge in [0.05, 0.1) is 11.3 Å². The number of nitrogens with zero attached hydrogens (tertiary/aromatic N) is 4. The molecule has 2 aromatic rings. The number of aryl methyl sites for hydroxylation is 2. The van der Waals surface area contributed by atoms with Crippen molar-refractivity contribution in [2.45, 2.75) is 13.8 Å². The lowest BCUT2D eigenvalue weighted by Crippen LogP contribution is -2.00. The number of hydrogen-bond acceptors (Lipinski definition) is 4. The quantitative estimate of drug-likeness (QED) is 0.728. The maximum Gasteiger partial charge on any atom is 0.170 e. The fourth-order valence-corrected chi connectivity index (χ4v) is 1.64. The lowest BCUT2D eigenvalue weighted by atomic mass is 10.1. The van der Waals surface area contributed by atoms with E-state index < -0.39 is 0 Å². The Kier molecular flexibility index (Phi) is 2.71. The molecule has 5 nitrogen and oxygen atoms in total. The van der Waals surface area contributed by atoms with E-state index in [1.54, 1.807) is 23.8 Å². The minimum Gasteiger partial charge on any atom is -0.296 e. The molecule has 0 atom stereocenters. The van der Waals surface area contributed by atoms with Crippen LogP contribution in [0.3, 0.4) is 0 Å². The third-order valence-corrected chi connectivity index (χ3v) is 2.48. The molecule has 0 spiro atoms. The Hall–Kier alpha value is -2.48. The molecule has 2 aromatic heterocycles. The van der Waals surface area contributed by atoms with Crippen LogP contribution >= 0.6 is 0 Å². The number of rotatable bonds is 2. The second kappa shape index (κ2) is 4.18. The largest absolute Gasteiger partial charge is 0.296 e. The number of aldehydes is 1. The molecular weight excluding hydrogens is 216 g/mol. The number of carbonyl (C=O) groups is 1. The lowest BCUT2D eigenvalue weighted by Gasteiger charge is -2.06. The van der Waals surface area contributed by atoms with E-state index in [1.807, 2.05) is 6.92 Å². The van der Waals surface area contributed by atoms with Crippen LogP contribution in [0.1, 0.15) is 27.3 Å². The van der Waals surface area contributed by atoms with Crippen LogP contribution in [0.5, 0.6) is 0 Å². The van der Waals surface area contributed by atoms with Crippen LogP contribution in [-0.4, -0.2) is 20.8 Å². The zero-order valence-electron chi connectivity index (χ0n) is 9.51. The van der Waals surface area contributed by atoms with Gasteiger partial charge in [0.15, 0.2) is 6.29 Å². The van der Waals surface area contributed by atoms with Crippen LogP contribution in [0.15, 0.2) is 18.6 Å². The van der Waals surface area contributed by atoms with Crippen molar-refractivity contribution < 1.29 is 4.79 Å². The monoisotopic (exact) mass is 226 g/mol. The van der Waals surface area contributed by atoms with Crippen molar-refractivity contribution >= 4 is 6.29 Å². The Balaban J connectivity index is 2.54. The van der Waals surface area contributed by atoms with Crippen molar-refractivity contribution in [1.82, 2.24) is 14.5 Å². The van der Waals surface area contributed by atoms with E-state index in [1.165, 1.54) is 6.33 Å². The van der Waals surface area contributed by atoms with E-state index in [0.29, 0.717) is 29.1 Å². The normalized spacial score (nSPS) is 9.94. The van der Waals surface area contributed by atoms with Crippen molar-refractivity contribution in [3.63, 3.8) is 0 Å². The summed E-state index contributed by atoms with van der Waals surface area (Å²) in [6.07, 6.45) is 3.80. The molecule has 0 unspecified atom stereocenters. The smallest absolute Gasteiger partial charge is 0.170 e. The van der Waals surface area contributed by atoms with Gasteiger partial charge in [0.25, 0.3) is 0 Å². The van der Waals surface area contributed by atoms with Crippen LogP contribution in [0.4, 0.5) is 0 Å². The topological polar surface area (TPSA) is 71.6 Å². The summed E-state index contributed by atoms with van der Waals surface area (Å²) in [4.78, 5) is 18.8. The van der Waals surface area contributed by atoms with Crippen molar-refractivity contribution in [1.29, 1.82) is 5.26 Å². The summed E-state index contributed by atoms with van der Waals surface area (Å²) < 4.78 is 1.66. The predicted molar refractivity (Wildman–Crippen MR) is 60.9 cm³/mol. The Labute approximate surface area is 98.4 Å². The molecule has 0 bridgehead atoms. The van der Waals surface area contributed by atoms with Gasteiger partial charge in [0.1, 0.15) is 23.9 Å². The maximum atomic E-state index is 10.5. The molecule has 0 aromatic carbocycles. The molecule has 84 valence electrons. The highest BCUT2D eigenvalue weighted by molar-refractivity contribution is 5.71. The first kappa shape index (κ1) is 11.0. The van der Waals surface area contributed by atoms with Gasteiger partial charge in [0.2, 0.25) is 0 Å². The Morgan fingerprint density at radius 3 is 2.76 bits per heavy atom. The molecule has 0 amide bonds. The molecular formula is C12H10N4O. The van der Waals surface area contributed by atoms with E-state index in [2.05, 4.69) is 16.0 Å². The SMILES string of the molecule is Cc1cc(-n2cnc(C=O)c2)nc(C)c1C#N. The molecule has 5 heteroatoms. The summed E-state index contributed by atoms with van der Waals surface area (Å²) >= 11 is 0. The van der Waals surface area contributed by atoms with Crippen molar-refractivity contribution in [3.8, 4) is 11.9 Å². The molecule has 0 saturated carbocycles. The second-order valence-electron chi connectivity index (χ2n) is 3.69. The fourth-order valence-electron chi connectivity index (χ4n) is 1.64. The number of pyridine rings is 1. The number of hydrogen-bond donors (Lipinski definition) is 0. The van der Waals surface area contributed by atoms with Crippen LogP contribution < -0.4 is 0 Å². The Bertz CT molecular complexity index is 599. The van der Waals surface area contributed by atoms with E-state index in [0.717, 1.165) is 5.56 Å². The molecule has 17 heavy (non-hydrogen) atoms. The molecule has 0 N–H and O–H groups in total. The van der Waals surface area contributed by atoms with Crippen molar-refractivity contribution in [3.05, 3.63) is 41.1 Å². The van der Waals surface area contributed by atoms with Gasteiger partial charge in [-0.25, -0.2) is 9.97 Å². The zero-order chi connectivity index (χ0) is 12.4. The summed E-state index contributed by atoms with van der Waals surface area (Å²) in [7, 11) is 0. The van der Waals surface area contributed by atoms with Gasteiger partial charge in [-0.2, -0.15) is 5.26 Å². The summed E-state index contributed by atoms with van der Waals surface area (Å²) in [6.45, 7) is 3.64. The van der Waals surface area contributed by atoms with Gasteiger partial charge >= 0.3 is 0 Å². The first-order valence-corrected chi connectivity index (χ1v) is 5.03. The molecule has 0 fully saturated rings. The minimum absolute atomic E-state index is 0.353. The van der Waals surface area contributed by atoms with Gasteiger partial charge < -0.3 is 0 Å².